The van der Waals surface area contributed by atoms with Gasteiger partial charge in [0.05, 0.1) is 6.61 Å². The number of ether oxygens (including phenoxy) is 2. The molecule has 0 bridgehead atoms. The van der Waals surface area contributed by atoms with Gasteiger partial charge in [0, 0.05) is 23.2 Å². The van der Waals surface area contributed by atoms with Gasteiger partial charge in [-0.1, -0.05) is 25.4 Å². The van der Waals surface area contributed by atoms with Crippen molar-refractivity contribution in [2.45, 2.75) is 46.5 Å². The van der Waals surface area contributed by atoms with Gasteiger partial charge in [-0.3, -0.25) is 0 Å². The predicted octanol–water partition coefficient (Wildman–Crippen LogP) is 5.65. The van der Waals surface area contributed by atoms with Gasteiger partial charge in [-0.05, 0) is 74.5 Å². The molecule has 1 saturated heterocycles. The second-order valence-corrected chi connectivity index (χ2v) is 8.08. The Hall–Kier alpha value is -1.78. The Balaban J connectivity index is 1.84. The maximum Gasteiger partial charge on any atom is 0.262 e. The van der Waals surface area contributed by atoms with Crippen LogP contribution in [-0.4, -0.2) is 24.7 Å². The van der Waals surface area contributed by atoms with Gasteiger partial charge in [-0.25, -0.2) is 4.98 Å². The van der Waals surface area contributed by atoms with Crippen molar-refractivity contribution in [2.24, 2.45) is 5.92 Å². The summed E-state index contributed by atoms with van der Waals surface area (Å²) in [6, 6.07) is 7.88. The number of hydrogen-bond donors (Lipinski definition) is 1. The minimum Gasteiger partial charge on any atom is -0.488 e. The Labute approximate surface area is 167 Å². The van der Waals surface area contributed by atoms with Crippen molar-refractivity contribution in [3.8, 4) is 17.4 Å². The molecule has 2 aromatic rings. The molecule has 1 aromatic carbocycles. The number of halogens is 1. The molecule has 0 saturated carbocycles. The zero-order valence-corrected chi connectivity index (χ0v) is 17.4. The summed E-state index contributed by atoms with van der Waals surface area (Å²) < 4.78 is 12.4. The zero-order chi connectivity index (χ0) is 19.4. The van der Waals surface area contributed by atoms with Crippen molar-refractivity contribution in [3.63, 3.8) is 0 Å². The molecule has 5 heteroatoms. The second-order valence-electron chi connectivity index (χ2n) is 7.68. The lowest BCUT2D eigenvalue weighted by molar-refractivity contribution is 0.211. The molecule has 1 aromatic heterocycles. The molecule has 0 radical (unpaired) electrons. The van der Waals surface area contributed by atoms with Crippen LogP contribution in [0.4, 0.5) is 0 Å². The first-order valence-corrected chi connectivity index (χ1v) is 10.1. The van der Waals surface area contributed by atoms with E-state index < -0.39 is 0 Å². The number of nitrogens with one attached hydrogen (secondary N) is 1. The van der Waals surface area contributed by atoms with Crippen LogP contribution in [0.3, 0.4) is 0 Å². The van der Waals surface area contributed by atoms with Crippen molar-refractivity contribution in [3.05, 3.63) is 46.1 Å². The van der Waals surface area contributed by atoms with Crippen molar-refractivity contribution >= 4 is 11.6 Å². The number of aryl methyl sites for hydroxylation is 2. The molecule has 0 aliphatic carbocycles. The number of piperidine rings is 1. The average Bonchev–Trinajstić information content (AvgIpc) is 2.64. The van der Waals surface area contributed by atoms with E-state index in [1.807, 2.05) is 38.1 Å². The molecule has 1 atom stereocenters. The van der Waals surface area contributed by atoms with Gasteiger partial charge in [-0.15, -0.1) is 0 Å². The van der Waals surface area contributed by atoms with E-state index in [0.29, 0.717) is 30.1 Å². The highest BCUT2D eigenvalue weighted by atomic mass is 35.5. The van der Waals surface area contributed by atoms with E-state index in [1.165, 1.54) is 12.8 Å². The summed E-state index contributed by atoms with van der Waals surface area (Å²) >= 11 is 6.32. The summed E-state index contributed by atoms with van der Waals surface area (Å²) in [6.45, 7) is 11.0. The van der Waals surface area contributed by atoms with Gasteiger partial charge in [0.25, 0.3) is 5.88 Å². The normalized spacial score (nSPS) is 17.2. The molecule has 2 heterocycles. The average molecular weight is 389 g/mol. The topological polar surface area (TPSA) is 43.4 Å². The van der Waals surface area contributed by atoms with Crippen LogP contribution in [0.25, 0.3) is 0 Å². The number of pyridine rings is 1. The number of hydrogen-bond acceptors (Lipinski definition) is 4. The monoisotopic (exact) mass is 388 g/mol. The van der Waals surface area contributed by atoms with Crippen molar-refractivity contribution < 1.29 is 9.47 Å². The van der Waals surface area contributed by atoms with Crippen LogP contribution in [0, 0.1) is 19.8 Å². The van der Waals surface area contributed by atoms with Crippen LogP contribution in [0.15, 0.2) is 24.3 Å². The quantitative estimate of drug-likeness (QED) is 0.694. The minimum absolute atomic E-state index is 0.292. The lowest BCUT2D eigenvalue weighted by atomic mass is 10.0. The third kappa shape index (κ3) is 5.14. The maximum absolute atomic E-state index is 6.32. The van der Waals surface area contributed by atoms with Crippen LogP contribution in [0.2, 0.25) is 5.02 Å². The zero-order valence-electron chi connectivity index (χ0n) is 16.6. The van der Waals surface area contributed by atoms with Crippen LogP contribution in [0.5, 0.6) is 17.4 Å². The number of nitrogens with zero attached hydrogens (tertiary/aromatic N) is 1. The molecule has 3 rings (SSSR count). The minimum atomic E-state index is 0.292. The van der Waals surface area contributed by atoms with Crippen LogP contribution >= 0.6 is 11.6 Å². The van der Waals surface area contributed by atoms with Gasteiger partial charge in [-0.2, -0.15) is 0 Å². The van der Waals surface area contributed by atoms with Gasteiger partial charge < -0.3 is 14.8 Å². The largest absolute Gasteiger partial charge is 0.488 e. The first-order valence-electron chi connectivity index (χ1n) is 9.73. The maximum atomic E-state index is 6.32. The van der Waals surface area contributed by atoms with E-state index in [4.69, 9.17) is 21.1 Å². The third-order valence-electron chi connectivity index (χ3n) is 4.96. The second kappa shape index (κ2) is 8.94. The number of aromatic nitrogens is 1. The molecule has 146 valence electrons. The molecule has 0 amide bonds. The van der Waals surface area contributed by atoms with Crippen molar-refractivity contribution in [2.75, 3.05) is 19.7 Å². The van der Waals surface area contributed by atoms with E-state index in [2.05, 4.69) is 24.1 Å². The van der Waals surface area contributed by atoms with Crippen LogP contribution < -0.4 is 14.8 Å². The molecule has 1 aliphatic rings. The van der Waals surface area contributed by atoms with Crippen LogP contribution in [0.1, 0.15) is 49.4 Å². The molecule has 1 N–H and O–H groups in total. The summed E-state index contributed by atoms with van der Waals surface area (Å²) in [4.78, 5) is 4.59. The Morgan fingerprint density at radius 1 is 1.22 bits per heavy atom. The lowest BCUT2D eigenvalue weighted by Crippen LogP contribution is -2.33. The standard InChI is InChI=1S/C22H29ClN2O2/c1-14(2)18-11-19(23)15(3)10-21(18)27-22-20(8-7-16(4)25-22)26-13-17-6-5-9-24-12-17/h7-8,10-11,14,17,24H,5-6,9,12-13H2,1-4H3/t17-/m0/s1. The SMILES string of the molecule is Cc1ccc(OC[C@H]2CCCNC2)c(Oc2cc(C)c(Cl)cc2C(C)C)n1. The summed E-state index contributed by atoms with van der Waals surface area (Å²) in [5.41, 5.74) is 2.95. The lowest BCUT2D eigenvalue weighted by Gasteiger charge is -2.23. The molecule has 27 heavy (non-hydrogen) atoms. The summed E-state index contributed by atoms with van der Waals surface area (Å²) in [6.07, 6.45) is 2.39. The van der Waals surface area contributed by atoms with E-state index in [1.54, 1.807) is 0 Å². The number of benzene rings is 1. The van der Waals surface area contributed by atoms with E-state index in [0.717, 1.165) is 40.7 Å². The highest BCUT2D eigenvalue weighted by Gasteiger charge is 2.18. The van der Waals surface area contributed by atoms with E-state index in [-0.39, 0.29) is 0 Å². The molecule has 0 unspecified atom stereocenters. The molecule has 0 spiro atoms. The van der Waals surface area contributed by atoms with Gasteiger partial charge >= 0.3 is 0 Å². The first kappa shape index (κ1) is 20.0. The fraction of sp³-hybridized carbons (Fsp3) is 0.500. The highest BCUT2D eigenvalue weighted by molar-refractivity contribution is 6.31. The Bertz CT molecular complexity index is 786. The fourth-order valence-electron chi connectivity index (χ4n) is 3.29. The van der Waals surface area contributed by atoms with Gasteiger partial charge in [0.2, 0.25) is 0 Å². The van der Waals surface area contributed by atoms with Crippen molar-refractivity contribution in [1.29, 1.82) is 0 Å². The van der Waals surface area contributed by atoms with E-state index in [9.17, 15) is 0 Å². The number of rotatable bonds is 6. The summed E-state index contributed by atoms with van der Waals surface area (Å²) in [5, 5.41) is 4.18. The Morgan fingerprint density at radius 2 is 2.04 bits per heavy atom. The van der Waals surface area contributed by atoms with Crippen molar-refractivity contribution in [1.82, 2.24) is 10.3 Å². The highest BCUT2D eigenvalue weighted by Crippen LogP contribution is 2.37. The van der Waals surface area contributed by atoms with Crippen LogP contribution in [-0.2, 0) is 0 Å². The van der Waals surface area contributed by atoms with Gasteiger partial charge in [0.1, 0.15) is 5.75 Å². The molecule has 1 aliphatic heterocycles. The molecule has 4 nitrogen and oxygen atoms in total. The smallest absolute Gasteiger partial charge is 0.262 e. The predicted molar refractivity (Wildman–Crippen MR) is 110 cm³/mol. The summed E-state index contributed by atoms with van der Waals surface area (Å²) in [7, 11) is 0. The third-order valence-corrected chi connectivity index (χ3v) is 5.36. The Kier molecular flexibility index (Phi) is 6.61. The Morgan fingerprint density at radius 3 is 2.74 bits per heavy atom. The van der Waals surface area contributed by atoms with E-state index >= 15 is 0 Å². The first-order chi connectivity index (χ1) is 12.9. The molecular weight excluding hydrogens is 360 g/mol. The fourth-order valence-corrected chi connectivity index (χ4v) is 3.46. The molecule has 1 fully saturated rings. The van der Waals surface area contributed by atoms with Gasteiger partial charge in [0.15, 0.2) is 5.75 Å². The molecular formula is C22H29ClN2O2. The summed E-state index contributed by atoms with van der Waals surface area (Å²) in [5.74, 6) is 2.81.